The molecule has 0 atom stereocenters. The number of carbonyl (C=O) groups is 1. The Morgan fingerprint density at radius 1 is 1.03 bits per heavy atom. The summed E-state index contributed by atoms with van der Waals surface area (Å²) in [5.41, 5.74) is 3.23. The molecule has 3 rings (SSSR count). The number of aliphatic imine (C=N–C) groups is 1. The molecule has 1 aliphatic rings. The molecule has 1 fully saturated rings. The minimum absolute atomic E-state index is 0.207. The highest BCUT2D eigenvalue weighted by atomic mass is 16.5. The number of methoxy groups -OCH3 is 2. The summed E-state index contributed by atoms with van der Waals surface area (Å²) in [5.74, 6) is 2.45. The molecule has 0 spiro atoms. The number of amides is 1. The summed E-state index contributed by atoms with van der Waals surface area (Å²) in [7, 11) is 3.28. The summed E-state index contributed by atoms with van der Waals surface area (Å²) in [6, 6.07) is 14.1. The quantitative estimate of drug-likeness (QED) is 0.478. The van der Waals surface area contributed by atoms with E-state index in [9.17, 15) is 4.79 Å². The number of nitrogens with one attached hydrogen (secondary N) is 2. The average Bonchev–Trinajstić information content (AvgIpc) is 3.23. The highest BCUT2D eigenvalue weighted by Gasteiger charge is 2.21. The van der Waals surface area contributed by atoms with Gasteiger partial charge in [-0.3, -0.25) is 4.79 Å². The van der Waals surface area contributed by atoms with Gasteiger partial charge in [0.1, 0.15) is 0 Å². The second kappa shape index (κ2) is 11.2. The number of anilines is 1. The van der Waals surface area contributed by atoms with Gasteiger partial charge in [0.05, 0.1) is 20.8 Å². The lowest BCUT2D eigenvalue weighted by molar-refractivity contribution is -0.117. The molecule has 0 bridgehead atoms. The lowest BCUT2D eigenvalue weighted by Crippen LogP contribution is -2.38. The van der Waals surface area contributed by atoms with Gasteiger partial charge in [0.25, 0.3) is 0 Å². The molecular formula is C24H32N4O3. The molecular weight excluding hydrogens is 392 g/mol. The second-order valence-corrected chi connectivity index (χ2v) is 7.38. The van der Waals surface area contributed by atoms with Gasteiger partial charge in [0.2, 0.25) is 5.91 Å². The Labute approximate surface area is 184 Å². The Hall–Kier alpha value is -3.22. The molecule has 0 radical (unpaired) electrons. The molecule has 0 unspecified atom stereocenters. The van der Waals surface area contributed by atoms with Gasteiger partial charge in [-0.1, -0.05) is 18.2 Å². The van der Waals surface area contributed by atoms with E-state index in [2.05, 4.69) is 15.6 Å². The average molecular weight is 425 g/mol. The summed E-state index contributed by atoms with van der Waals surface area (Å²) < 4.78 is 10.7. The molecule has 0 aromatic heterocycles. The first-order valence-electron chi connectivity index (χ1n) is 10.8. The van der Waals surface area contributed by atoms with Gasteiger partial charge in [-0.2, -0.15) is 0 Å². The van der Waals surface area contributed by atoms with Crippen LogP contribution in [0.2, 0.25) is 0 Å². The van der Waals surface area contributed by atoms with Crippen LogP contribution >= 0.6 is 0 Å². The van der Waals surface area contributed by atoms with Gasteiger partial charge < -0.3 is 25.0 Å². The van der Waals surface area contributed by atoms with Crippen LogP contribution < -0.4 is 25.0 Å². The lowest BCUT2D eigenvalue weighted by atomic mass is 10.1. The number of ether oxygens (including phenoxy) is 2. The predicted molar refractivity (Wildman–Crippen MR) is 124 cm³/mol. The van der Waals surface area contributed by atoms with Crippen LogP contribution in [0.4, 0.5) is 5.69 Å². The molecule has 1 heterocycles. The Morgan fingerprint density at radius 2 is 1.77 bits per heavy atom. The smallest absolute Gasteiger partial charge is 0.227 e. The zero-order chi connectivity index (χ0) is 22.1. The molecule has 166 valence electrons. The van der Waals surface area contributed by atoms with Crippen molar-refractivity contribution in [3.63, 3.8) is 0 Å². The van der Waals surface area contributed by atoms with Crippen LogP contribution in [0, 0.1) is 0 Å². The topological polar surface area (TPSA) is 75.2 Å². The van der Waals surface area contributed by atoms with Crippen molar-refractivity contribution in [3.05, 3.63) is 53.6 Å². The number of hydrogen-bond donors (Lipinski definition) is 2. The Kier molecular flexibility index (Phi) is 8.15. The highest BCUT2D eigenvalue weighted by molar-refractivity contribution is 5.95. The standard InChI is InChI=1S/C24H32N4O3/c1-4-25-24(26-14-13-18-9-12-21(30-2)22(16-18)31-3)27-17-19-7-10-20(11-8-19)28-15-5-6-23(28)29/h7-12,16H,4-6,13-15,17H2,1-3H3,(H2,25,26,27). The van der Waals surface area contributed by atoms with Crippen LogP contribution in [-0.4, -0.2) is 45.7 Å². The van der Waals surface area contributed by atoms with Crippen LogP contribution in [0.25, 0.3) is 0 Å². The summed E-state index contributed by atoms with van der Waals surface area (Å²) in [6.45, 7) is 4.97. The first-order valence-corrected chi connectivity index (χ1v) is 10.8. The van der Waals surface area contributed by atoms with Crippen molar-refractivity contribution in [1.29, 1.82) is 0 Å². The molecule has 2 aromatic rings. The van der Waals surface area contributed by atoms with Crippen molar-refractivity contribution in [2.75, 3.05) is 38.8 Å². The predicted octanol–water partition coefficient (Wildman–Crippen LogP) is 3.13. The summed E-state index contributed by atoms with van der Waals surface area (Å²) in [5, 5.41) is 6.66. The molecule has 1 aliphatic heterocycles. The maximum absolute atomic E-state index is 11.9. The van der Waals surface area contributed by atoms with Gasteiger partial charge >= 0.3 is 0 Å². The molecule has 1 amide bonds. The molecule has 2 aromatic carbocycles. The lowest BCUT2D eigenvalue weighted by Gasteiger charge is -2.16. The molecule has 7 heteroatoms. The molecule has 2 N–H and O–H groups in total. The van der Waals surface area contributed by atoms with E-state index in [1.807, 2.05) is 54.3 Å². The van der Waals surface area contributed by atoms with E-state index in [0.717, 1.165) is 66.7 Å². The summed E-state index contributed by atoms with van der Waals surface area (Å²) in [4.78, 5) is 18.4. The van der Waals surface area contributed by atoms with E-state index in [0.29, 0.717) is 13.0 Å². The number of nitrogens with zero attached hydrogens (tertiary/aromatic N) is 2. The number of hydrogen-bond acceptors (Lipinski definition) is 4. The van der Waals surface area contributed by atoms with Crippen LogP contribution in [0.1, 0.15) is 30.9 Å². The minimum Gasteiger partial charge on any atom is -0.493 e. The molecule has 0 saturated carbocycles. The van der Waals surface area contributed by atoms with Crippen molar-refractivity contribution in [1.82, 2.24) is 10.6 Å². The Bertz CT molecular complexity index is 896. The fourth-order valence-corrected chi connectivity index (χ4v) is 3.58. The largest absolute Gasteiger partial charge is 0.493 e. The molecule has 0 aliphatic carbocycles. The van der Waals surface area contributed by atoms with Gasteiger partial charge in [-0.15, -0.1) is 0 Å². The third kappa shape index (κ3) is 6.13. The third-order valence-corrected chi connectivity index (χ3v) is 5.24. The maximum Gasteiger partial charge on any atom is 0.227 e. The van der Waals surface area contributed by atoms with Crippen molar-refractivity contribution >= 4 is 17.6 Å². The van der Waals surface area contributed by atoms with Gasteiger partial charge in [0.15, 0.2) is 17.5 Å². The van der Waals surface area contributed by atoms with E-state index in [4.69, 9.17) is 9.47 Å². The van der Waals surface area contributed by atoms with E-state index in [1.54, 1.807) is 14.2 Å². The van der Waals surface area contributed by atoms with Crippen molar-refractivity contribution < 1.29 is 14.3 Å². The Balaban J connectivity index is 1.54. The minimum atomic E-state index is 0.207. The van der Waals surface area contributed by atoms with E-state index < -0.39 is 0 Å². The van der Waals surface area contributed by atoms with Crippen molar-refractivity contribution in [2.24, 2.45) is 4.99 Å². The van der Waals surface area contributed by atoms with Crippen LogP contribution in [0.5, 0.6) is 11.5 Å². The third-order valence-electron chi connectivity index (χ3n) is 5.24. The molecule has 1 saturated heterocycles. The SMILES string of the molecule is CCNC(=NCc1ccc(N2CCCC2=O)cc1)NCCc1ccc(OC)c(OC)c1. The summed E-state index contributed by atoms with van der Waals surface area (Å²) >= 11 is 0. The summed E-state index contributed by atoms with van der Waals surface area (Å²) in [6.07, 6.45) is 2.42. The number of rotatable bonds is 9. The maximum atomic E-state index is 11.9. The normalized spacial score (nSPS) is 14.0. The first kappa shape index (κ1) is 22.5. The zero-order valence-corrected chi connectivity index (χ0v) is 18.6. The highest BCUT2D eigenvalue weighted by Crippen LogP contribution is 2.27. The van der Waals surface area contributed by atoms with Crippen molar-refractivity contribution in [2.45, 2.75) is 32.7 Å². The van der Waals surface area contributed by atoms with E-state index >= 15 is 0 Å². The number of carbonyl (C=O) groups excluding carboxylic acids is 1. The van der Waals surface area contributed by atoms with E-state index in [1.165, 1.54) is 0 Å². The fraction of sp³-hybridized carbons (Fsp3) is 0.417. The van der Waals surface area contributed by atoms with Gasteiger partial charge in [0, 0.05) is 31.7 Å². The van der Waals surface area contributed by atoms with Crippen LogP contribution in [0.15, 0.2) is 47.5 Å². The zero-order valence-electron chi connectivity index (χ0n) is 18.6. The second-order valence-electron chi connectivity index (χ2n) is 7.38. The van der Waals surface area contributed by atoms with Gasteiger partial charge in [-0.25, -0.2) is 4.99 Å². The monoisotopic (exact) mass is 424 g/mol. The first-order chi connectivity index (χ1) is 15.1. The van der Waals surface area contributed by atoms with Crippen LogP contribution in [-0.2, 0) is 17.8 Å². The Morgan fingerprint density at radius 3 is 2.42 bits per heavy atom. The fourth-order valence-electron chi connectivity index (χ4n) is 3.58. The molecule has 7 nitrogen and oxygen atoms in total. The van der Waals surface area contributed by atoms with Crippen molar-refractivity contribution in [3.8, 4) is 11.5 Å². The number of guanidine groups is 1. The van der Waals surface area contributed by atoms with Gasteiger partial charge in [-0.05, 0) is 55.2 Å². The van der Waals surface area contributed by atoms with Crippen LogP contribution in [0.3, 0.4) is 0 Å². The van der Waals surface area contributed by atoms with E-state index in [-0.39, 0.29) is 5.91 Å². The molecule has 31 heavy (non-hydrogen) atoms. The number of benzene rings is 2.